The Labute approximate surface area is 93.8 Å². The SMILES string of the molecule is CC(C)CC(=O)N(C)CCCOC(C)C. The molecule has 0 bridgehead atoms. The van der Waals surface area contributed by atoms with E-state index < -0.39 is 0 Å². The lowest BCUT2D eigenvalue weighted by Crippen LogP contribution is -2.29. The van der Waals surface area contributed by atoms with Gasteiger partial charge in [-0.3, -0.25) is 4.79 Å². The minimum atomic E-state index is 0.231. The Kier molecular flexibility index (Phi) is 7.39. The second-order valence-corrected chi connectivity index (χ2v) is 4.69. The van der Waals surface area contributed by atoms with Crippen LogP contribution in [0, 0.1) is 5.92 Å². The Morgan fingerprint density at radius 2 is 1.87 bits per heavy atom. The van der Waals surface area contributed by atoms with Gasteiger partial charge in [-0.15, -0.1) is 0 Å². The third-order valence-corrected chi connectivity index (χ3v) is 2.10. The minimum Gasteiger partial charge on any atom is -0.379 e. The van der Waals surface area contributed by atoms with Crippen molar-refractivity contribution in [3.63, 3.8) is 0 Å². The first-order valence-electron chi connectivity index (χ1n) is 5.79. The van der Waals surface area contributed by atoms with Crippen LogP contribution in [0.25, 0.3) is 0 Å². The molecular weight excluding hydrogens is 190 g/mol. The summed E-state index contributed by atoms with van der Waals surface area (Å²) >= 11 is 0. The molecule has 3 heteroatoms. The van der Waals surface area contributed by atoms with E-state index in [-0.39, 0.29) is 12.0 Å². The average molecular weight is 215 g/mol. The van der Waals surface area contributed by atoms with Crippen LogP contribution in [0.1, 0.15) is 40.5 Å². The number of hydrogen-bond acceptors (Lipinski definition) is 2. The summed E-state index contributed by atoms with van der Waals surface area (Å²) in [7, 11) is 1.86. The summed E-state index contributed by atoms with van der Waals surface area (Å²) in [6.07, 6.45) is 1.83. The molecule has 0 aromatic rings. The van der Waals surface area contributed by atoms with E-state index in [2.05, 4.69) is 13.8 Å². The predicted molar refractivity (Wildman–Crippen MR) is 62.8 cm³/mol. The molecule has 0 fully saturated rings. The number of rotatable bonds is 7. The van der Waals surface area contributed by atoms with Gasteiger partial charge in [0.2, 0.25) is 5.91 Å². The molecule has 0 aliphatic heterocycles. The molecule has 0 saturated heterocycles. The van der Waals surface area contributed by atoms with Crippen molar-refractivity contribution in [1.29, 1.82) is 0 Å². The van der Waals surface area contributed by atoms with E-state index in [0.29, 0.717) is 12.3 Å². The molecule has 0 saturated carbocycles. The highest BCUT2D eigenvalue weighted by atomic mass is 16.5. The van der Waals surface area contributed by atoms with E-state index >= 15 is 0 Å². The van der Waals surface area contributed by atoms with Crippen molar-refractivity contribution in [2.75, 3.05) is 20.2 Å². The van der Waals surface area contributed by atoms with Crippen LogP contribution in [-0.2, 0) is 9.53 Å². The average Bonchev–Trinajstić information content (AvgIpc) is 2.10. The molecule has 0 unspecified atom stereocenters. The van der Waals surface area contributed by atoms with Gasteiger partial charge in [-0.2, -0.15) is 0 Å². The molecule has 0 atom stereocenters. The highest BCUT2D eigenvalue weighted by Gasteiger charge is 2.09. The van der Waals surface area contributed by atoms with E-state index in [1.807, 2.05) is 20.9 Å². The fourth-order valence-corrected chi connectivity index (χ4v) is 1.25. The normalized spacial score (nSPS) is 11.1. The lowest BCUT2D eigenvalue weighted by Gasteiger charge is -2.18. The Hall–Kier alpha value is -0.570. The lowest BCUT2D eigenvalue weighted by atomic mass is 10.1. The van der Waals surface area contributed by atoms with Gasteiger partial charge in [0, 0.05) is 26.6 Å². The number of nitrogens with zero attached hydrogens (tertiary/aromatic N) is 1. The molecule has 1 amide bonds. The topological polar surface area (TPSA) is 29.5 Å². The summed E-state index contributed by atoms with van der Waals surface area (Å²) in [4.78, 5) is 13.4. The van der Waals surface area contributed by atoms with E-state index in [1.165, 1.54) is 0 Å². The molecule has 0 aliphatic carbocycles. The summed E-state index contributed by atoms with van der Waals surface area (Å²) in [6.45, 7) is 9.69. The molecule has 0 N–H and O–H groups in total. The van der Waals surface area contributed by atoms with Crippen LogP contribution >= 0.6 is 0 Å². The highest BCUT2D eigenvalue weighted by Crippen LogP contribution is 2.03. The first-order chi connectivity index (χ1) is 6.93. The number of carbonyl (C=O) groups is 1. The van der Waals surface area contributed by atoms with Gasteiger partial charge in [-0.05, 0) is 26.2 Å². The molecule has 0 radical (unpaired) electrons. The smallest absolute Gasteiger partial charge is 0.222 e. The Morgan fingerprint density at radius 1 is 1.27 bits per heavy atom. The summed E-state index contributed by atoms with van der Waals surface area (Å²) in [5.74, 6) is 0.668. The van der Waals surface area contributed by atoms with Crippen molar-refractivity contribution in [2.45, 2.75) is 46.6 Å². The van der Waals surface area contributed by atoms with Crippen LogP contribution in [-0.4, -0.2) is 37.1 Å². The minimum absolute atomic E-state index is 0.231. The molecule has 90 valence electrons. The van der Waals surface area contributed by atoms with E-state index in [0.717, 1.165) is 19.6 Å². The maximum atomic E-state index is 11.6. The summed E-state index contributed by atoms with van der Waals surface area (Å²) in [5.41, 5.74) is 0. The van der Waals surface area contributed by atoms with Gasteiger partial charge in [-0.25, -0.2) is 0 Å². The van der Waals surface area contributed by atoms with E-state index in [9.17, 15) is 4.79 Å². The Balaban J connectivity index is 3.55. The zero-order valence-electron chi connectivity index (χ0n) is 10.7. The molecular formula is C12H25NO2. The number of hydrogen-bond donors (Lipinski definition) is 0. The number of carbonyl (C=O) groups excluding carboxylic acids is 1. The highest BCUT2D eigenvalue weighted by molar-refractivity contribution is 5.75. The van der Waals surface area contributed by atoms with Gasteiger partial charge in [-0.1, -0.05) is 13.8 Å². The van der Waals surface area contributed by atoms with Crippen LogP contribution in [0.4, 0.5) is 0 Å². The van der Waals surface area contributed by atoms with Crippen LogP contribution < -0.4 is 0 Å². The second kappa shape index (κ2) is 7.69. The van der Waals surface area contributed by atoms with Gasteiger partial charge in [0.05, 0.1) is 6.10 Å². The molecule has 0 rings (SSSR count). The molecule has 0 spiro atoms. The van der Waals surface area contributed by atoms with Gasteiger partial charge in [0.15, 0.2) is 0 Å². The van der Waals surface area contributed by atoms with Gasteiger partial charge in [0.25, 0.3) is 0 Å². The maximum Gasteiger partial charge on any atom is 0.222 e. The van der Waals surface area contributed by atoms with Crippen LogP contribution in [0.3, 0.4) is 0 Å². The number of amides is 1. The summed E-state index contributed by atoms with van der Waals surface area (Å²) in [6, 6.07) is 0. The molecule has 0 heterocycles. The summed E-state index contributed by atoms with van der Waals surface area (Å²) < 4.78 is 5.42. The van der Waals surface area contributed by atoms with Crippen molar-refractivity contribution < 1.29 is 9.53 Å². The third kappa shape index (κ3) is 8.43. The molecule has 0 aliphatic rings. The predicted octanol–water partition coefficient (Wildman–Crippen LogP) is 2.31. The molecule has 0 aromatic carbocycles. The lowest BCUT2D eigenvalue weighted by molar-refractivity contribution is -0.130. The van der Waals surface area contributed by atoms with Crippen molar-refractivity contribution in [3.05, 3.63) is 0 Å². The van der Waals surface area contributed by atoms with Crippen LogP contribution in [0.15, 0.2) is 0 Å². The second-order valence-electron chi connectivity index (χ2n) is 4.69. The van der Waals surface area contributed by atoms with Gasteiger partial charge >= 0.3 is 0 Å². The fraction of sp³-hybridized carbons (Fsp3) is 0.917. The van der Waals surface area contributed by atoms with Crippen LogP contribution in [0.2, 0.25) is 0 Å². The standard InChI is InChI=1S/C12H25NO2/c1-10(2)9-12(14)13(5)7-6-8-15-11(3)4/h10-11H,6-9H2,1-5H3. The molecule has 3 nitrogen and oxygen atoms in total. The largest absolute Gasteiger partial charge is 0.379 e. The monoisotopic (exact) mass is 215 g/mol. The Morgan fingerprint density at radius 3 is 2.33 bits per heavy atom. The van der Waals surface area contributed by atoms with Crippen molar-refractivity contribution in [2.24, 2.45) is 5.92 Å². The maximum absolute atomic E-state index is 11.6. The quantitative estimate of drug-likeness (QED) is 0.610. The first kappa shape index (κ1) is 14.4. The zero-order valence-corrected chi connectivity index (χ0v) is 10.7. The first-order valence-corrected chi connectivity index (χ1v) is 5.79. The summed E-state index contributed by atoms with van der Waals surface area (Å²) in [5, 5.41) is 0. The van der Waals surface area contributed by atoms with E-state index in [4.69, 9.17) is 4.74 Å². The third-order valence-electron chi connectivity index (χ3n) is 2.10. The van der Waals surface area contributed by atoms with Crippen molar-refractivity contribution >= 4 is 5.91 Å². The van der Waals surface area contributed by atoms with E-state index in [1.54, 1.807) is 4.90 Å². The van der Waals surface area contributed by atoms with Crippen molar-refractivity contribution in [1.82, 2.24) is 4.90 Å². The van der Waals surface area contributed by atoms with Crippen molar-refractivity contribution in [3.8, 4) is 0 Å². The zero-order chi connectivity index (χ0) is 11.8. The fourth-order valence-electron chi connectivity index (χ4n) is 1.25. The van der Waals surface area contributed by atoms with Crippen LogP contribution in [0.5, 0.6) is 0 Å². The molecule has 15 heavy (non-hydrogen) atoms. The number of ether oxygens (including phenoxy) is 1. The van der Waals surface area contributed by atoms with Gasteiger partial charge in [0.1, 0.15) is 0 Å². The molecule has 0 aromatic heterocycles. The van der Waals surface area contributed by atoms with Gasteiger partial charge < -0.3 is 9.64 Å². The Bertz CT molecular complexity index is 178.